The lowest BCUT2D eigenvalue weighted by molar-refractivity contribution is -0.111. The Hall–Kier alpha value is -3.86. The van der Waals surface area contributed by atoms with Gasteiger partial charge in [-0.25, -0.2) is 4.79 Å². The Morgan fingerprint density at radius 1 is 0.593 bits per heavy atom. The predicted molar refractivity (Wildman–Crippen MR) is 110 cm³/mol. The Labute approximate surface area is 157 Å². The number of rotatable bonds is 5. The highest BCUT2D eigenvalue weighted by Gasteiger charge is 2.03. The van der Waals surface area contributed by atoms with Gasteiger partial charge >= 0.3 is 6.03 Å². The fourth-order valence-corrected chi connectivity index (χ4v) is 2.37. The average molecular weight is 357 g/mol. The van der Waals surface area contributed by atoms with Gasteiger partial charge in [-0.15, -0.1) is 0 Å². The third kappa shape index (κ3) is 5.86. The number of amides is 3. The fourth-order valence-electron chi connectivity index (χ4n) is 2.37. The molecule has 3 rings (SSSR count). The second-order valence-electron chi connectivity index (χ2n) is 5.76. The summed E-state index contributed by atoms with van der Waals surface area (Å²) in [6.07, 6.45) is 3.23. The smallest absolute Gasteiger partial charge is 0.323 e. The molecule has 0 atom stereocenters. The molecule has 3 aromatic carbocycles. The highest BCUT2D eigenvalue weighted by Crippen LogP contribution is 2.14. The molecular formula is C22H19N3O2. The Balaban J connectivity index is 1.51. The summed E-state index contributed by atoms with van der Waals surface area (Å²) in [5.41, 5.74) is 2.94. The van der Waals surface area contributed by atoms with Gasteiger partial charge in [0.1, 0.15) is 0 Å². The Morgan fingerprint density at radius 2 is 1.07 bits per heavy atom. The van der Waals surface area contributed by atoms with Crippen LogP contribution >= 0.6 is 0 Å². The standard InChI is InChI=1S/C22H19N3O2/c26-21(16-11-17-7-3-1-4-8-17)23-19-12-14-20(15-13-19)25-22(27)24-18-9-5-2-6-10-18/h1-16H,(H,23,26)(H2,24,25,27)/b16-11-. The van der Waals surface area contributed by atoms with E-state index in [4.69, 9.17) is 0 Å². The molecular weight excluding hydrogens is 338 g/mol. The number of urea groups is 1. The van der Waals surface area contributed by atoms with Gasteiger partial charge < -0.3 is 16.0 Å². The second kappa shape index (κ2) is 9.01. The van der Waals surface area contributed by atoms with Crippen LogP contribution in [0.3, 0.4) is 0 Å². The molecule has 0 fully saturated rings. The zero-order chi connectivity index (χ0) is 18.9. The molecule has 0 aromatic heterocycles. The molecule has 3 N–H and O–H groups in total. The number of nitrogens with one attached hydrogen (secondary N) is 3. The van der Waals surface area contributed by atoms with Crippen LogP contribution in [0.5, 0.6) is 0 Å². The highest BCUT2D eigenvalue weighted by molar-refractivity contribution is 6.02. The zero-order valence-electron chi connectivity index (χ0n) is 14.6. The van der Waals surface area contributed by atoms with E-state index in [1.807, 2.05) is 48.5 Å². The minimum atomic E-state index is -0.330. The summed E-state index contributed by atoms with van der Waals surface area (Å²) in [6.45, 7) is 0. The van der Waals surface area contributed by atoms with E-state index in [1.54, 1.807) is 42.5 Å². The molecule has 27 heavy (non-hydrogen) atoms. The maximum atomic E-state index is 12.0. The summed E-state index contributed by atoms with van der Waals surface area (Å²) in [4.78, 5) is 23.9. The Bertz CT molecular complexity index is 921. The molecule has 0 bridgehead atoms. The van der Waals surface area contributed by atoms with Crippen molar-refractivity contribution in [2.45, 2.75) is 0 Å². The normalized spacial score (nSPS) is 10.4. The van der Waals surface area contributed by atoms with E-state index < -0.39 is 0 Å². The number of carbonyl (C=O) groups is 2. The lowest BCUT2D eigenvalue weighted by Crippen LogP contribution is -2.19. The van der Waals surface area contributed by atoms with E-state index in [0.717, 1.165) is 5.56 Å². The van der Waals surface area contributed by atoms with Crippen molar-refractivity contribution in [3.8, 4) is 0 Å². The topological polar surface area (TPSA) is 70.2 Å². The van der Waals surface area contributed by atoms with Gasteiger partial charge in [-0.1, -0.05) is 48.5 Å². The minimum Gasteiger partial charge on any atom is -0.323 e. The van der Waals surface area contributed by atoms with Crippen LogP contribution < -0.4 is 16.0 Å². The van der Waals surface area contributed by atoms with Crippen LogP contribution in [0, 0.1) is 0 Å². The molecule has 0 saturated carbocycles. The summed E-state index contributed by atoms with van der Waals surface area (Å²) in [5, 5.41) is 8.26. The van der Waals surface area contributed by atoms with Crippen molar-refractivity contribution >= 4 is 35.1 Å². The molecule has 134 valence electrons. The van der Waals surface area contributed by atoms with Crippen molar-refractivity contribution in [1.82, 2.24) is 0 Å². The Morgan fingerprint density at radius 3 is 1.67 bits per heavy atom. The average Bonchev–Trinajstić information content (AvgIpc) is 2.69. The molecule has 0 spiro atoms. The van der Waals surface area contributed by atoms with Crippen molar-refractivity contribution in [1.29, 1.82) is 0 Å². The van der Waals surface area contributed by atoms with Gasteiger partial charge in [-0.2, -0.15) is 0 Å². The van der Waals surface area contributed by atoms with Crippen molar-refractivity contribution in [2.24, 2.45) is 0 Å². The number of hydrogen-bond donors (Lipinski definition) is 3. The highest BCUT2D eigenvalue weighted by atomic mass is 16.2. The third-order valence-corrected chi connectivity index (χ3v) is 3.67. The molecule has 0 aliphatic carbocycles. The number of para-hydroxylation sites is 1. The first kappa shape index (κ1) is 17.9. The minimum absolute atomic E-state index is 0.221. The summed E-state index contributed by atoms with van der Waals surface area (Å²) in [6, 6.07) is 25.4. The molecule has 0 unspecified atom stereocenters. The van der Waals surface area contributed by atoms with Crippen LogP contribution in [0.15, 0.2) is 91.0 Å². The fraction of sp³-hybridized carbons (Fsp3) is 0. The number of carbonyl (C=O) groups excluding carboxylic acids is 2. The van der Waals surface area contributed by atoms with Crippen LogP contribution in [-0.2, 0) is 4.79 Å². The van der Waals surface area contributed by atoms with Crippen LogP contribution in [0.4, 0.5) is 21.9 Å². The number of anilines is 3. The molecule has 3 amide bonds. The second-order valence-corrected chi connectivity index (χ2v) is 5.76. The Kier molecular flexibility index (Phi) is 5.99. The van der Waals surface area contributed by atoms with Crippen LogP contribution in [0.25, 0.3) is 6.08 Å². The molecule has 0 aliphatic rings. The van der Waals surface area contributed by atoms with Crippen molar-refractivity contribution in [3.63, 3.8) is 0 Å². The van der Waals surface area contributed by atoms with Crippen LogP contribution in [0.1, 0.15) is 5.56 Å². The van der Waals surface area contributed by atoms with Gasteiger partial charge in [0.25, 0.3) is 0 Å². The third-order valence-electron chi connectivity index (χ3n) is 3.67. The summed E-state index contributed by atoms with van der Waals surface area (Å²) in [7, 11) is 0. The number of hydrogen-bond acceptors (Lipinski definition) is 2. The summed E-state index contributed by atoms with van der Waals surface area (Å²) in [5.74, 6) is -0.221. The van der Waals surface area contributed by atoms with E-state index >= 15 is 0 Å². The largest absolute Gasteiger partial charge is 0.323 e. The summed E-state index contributed by atoms with van der Waals surface area (Å²) >= 11 is 0. The van der Waals surface area contributed by atoms with Gasteiger partial charge in [-0.3, -0.25) is 4.79 Å². The van der Waals surface area contributed by atoms with E-state index in [1.165, 1.54) is 6.08 Å². The maximum Gasteiger partial charge on any atom is 0.323 e. The van der Waals surface area contributed by atoms with E-state index in [0.29, 0.717) is 17.1 Å². The maximum absolute atomic E-state index is 12.0. The van der Waals surface area contributed by atoms with Gasteiger partial charge in [0.2, 0.25) is 5.91 Å². The van der Waals surface area contributed by atoms with Crippen LogP contribution in [0.2, 0.25) is 0 Å². The summed E-state index contributed by atoms with van der Waals surface area (Å²) < 4.78 is 0. The van der Waals surface area contributed by atoms with E-state index in [-0.39, 0.29) is 11.9 Å². The molecule has 0 radical (unpaired) electrons. The van der Waals surface area contributed by atoms with Gasteiger partial charge in [0.05, 0.1) is 0 Å². The first-order chi connectivity index (χ1) is 13.2. The molecule has 5 heteroatoms. The monoisotopic (exact) mass is 357 g/mol. The van der Waals surface area contributed by atoms with Gasteiger partial charge in [-0.05, 0) is 48.0 Å². The molecule has 0 saturated heterocycles. The molecule has 0 aliphatic heterocycles. The predicted octanol–water partition coefficient (Wildman–Crippen LogP) is 4.98. The molecule has 3 aromatic rings. The zero-order valence-corrected chi connectivity index (χ0v) is 14.6. The van der Waals surface area contributed by atoms with Crippen LogP contribution in [-0.4, -0.2) is 11.9 Å². The lowest BCUT2D eigenvalue weighted by atomic mass is 10.2. The van der Waals surface area contributed by atoms with Gasteiger partial charge in [0.15, 0.2) is 0 Å². The SMILES string of the molecule is O=C(/C=C\c1ccccc1)Nc1ccc(NC(=O)Nc2ccccc2)cc1. The van der Waals surface area contributed by atoms with Crippen molar-refractivity contribution in [2.75, 3.05) is 16.0 Å². The van der Waals surface area contributed by atoms with Crippen molar-refractivity contribution in [3.05, 3.63) is 96.6 Å². The lowest BCUT2D eigenvalue weighted by Gasteiger charge is -2.08. The van der Waals surface area contributed by atoms with Crippen molar-refractivity contribution < 1.29 is 9.59 Å². The quantitative estimate of drug-likeness (QED) is 0.564. The number of benzene rings is 3. The van der Waals surface area contributed by atoms with E-state index in [9.17, 15) is 9.59 Å². The molecule has 0 heterocycles. The first-order valence-corrected chi connectivity index (χ1v) is 8.46. The first-order valence-electron chi connectivity index (χ1n) is 8.46. The van der Waals surface area contributed by atoms with E-state index in [2.05, 4.69) is 16.0 Å². The van der Waals surface area contributed by atoms with Gasteiger partial charge in [0, 0.05) is 23.1 Å². The molecule has 5 nitrogen and oxygen atoms in total.